The lowest BCUT2D eigenvalue weighted by atomic mass is 9.97. The smallest absolute Gasteiger partial charge is 0.155 e. The zero-order valence-electron chi connectivity index (χ0n) is 14.1. The Morgan fingerprint density at radius 2 is 2.12 bits per heavy atom. The molecule has 4 rings (SSSR count). The predicted octanol–water partition coefficient (Wildman–Crippen LogP) is 2.77. The highest BCUT2D eigenvalue weighted by molar-refractivity contribution is 7.13. The van der Waals surface area contributed by atoms with E-state index in [1.54, 1.807) is 11.3 Å². The molecule has 3 N–H and O–H groups in total. The fourth-order valence-corrected chi connectivity index (χ4v) is 4.13. The third-order valence-electron chi connectivity index (χ3n) is 4.57. The summed E-state index contributed by atoms with van der Waals surface area (Å²) < 4.78 is 0. The van der Waals surface area contributed by atoms with Gasteiger partial charge in [-0.05, 0) is 19.4 Å². The Kier molecular flexibility index (Phi) is 4.87. The summed E-state index contributed by atoms with van der Waals surface area (Å²) in [7, 11) is 0. The number of aromatic nitrogens is 4. The highest BCUT2D eigenvalue weighted by Crippen LogP contribution is 2.27. The second-order valence-corrected chi connectivity index (χ2v) is 7.29. The Labute approximate surface area is 151 Å². The molecule has 25 heavy (non-hydrogen) atoms. The summed E-state index contributed by atoms with van der Waals surface area (Å²) in [4.78, 5) is 11.8. The number of nitrogens with one attached hydrogen (secondary N) is 1. The van der Waals surface area contributed by atoms with E-state index in [4.69, 9.17) is 10.7 Å². The monoisotopic (exact) mass is 354 g/mol. The van der Waals surface area contributed by atoms with Gasteiger partial charge in [0.25, 0.3) is 0 Å². The van der Waals surface area contributed by atoms with Gasteiger partial charge in [0.1, 0.15) is 10.8 Å². The van der Waals surface area contributed by atoms with Crippen molar-refractivity contribution in [1.29, 1.82) is 0 Å². The van der Waals surface area contributed by atoms with Gasteiger partial charge in [-0.2, -0.15) is 5.10 Å². The van der Waals surface area contributed by atoms with Crippen LogP contribution in [0.5, 0.6) is 0 Å². The molecule has 0 bridgehead atoms. The van der Waals surface area contributed by atoms with Crippen molar-refractivity contribution in [3.8, 4) is 10.6 Å². The van der Waals surface area contributed by atoms with Crippen molar-refractivity contribution in [3.05, 3.63) is 53.1 Å². The largest absolute Gasteiger partial charge is 0.324 e. The number of aromatic amines is 1. The molecule has 7 heteroatoms. The number of H-pyrrole nitrogens is 1. The van der Waals surface area contributed by atoms with Crippen LogP contribution in [0, 0.1) is 0 Å². The van der Waals surface area contributed by atoms with Crippen LogP contribution in [-0.2, 0) is 13.1 Å². The average Bonchev–Trinajstić information content (AvgIpc) is 3.32. The van der Waals surface area contributed by atoms with E-state index in [2.05, 4.69) is 49.7 Å². The molecule has 1 aliphatic heterocycles. The van der Waals surface area contributed by atoms with E-state index >= 15 is 0 Å². The number of benzene rings is 1. The molecular formula is C18H22N6S. The van der Waals surface area contributed by atoms with E-state index in [-0.39, 0.29) is 0 Å². The van der Waals surface area contributed by atoms with E-state index in [0.717, 1.165) is 54.8 Å². The van der Waals surface area contributed by atoms with Crippen molar-refractivity contribution in [3.63, 3.8) is 0 Å². The van der Waals surface area contributed by atoms with Crippen molar-refractivity contribution >= 4 is 11.3 Å². The van der Waals surface area contributed by atoms with Gasteiger partial charge in [-0.1, -0.05) is 30.3 Å². The quantitative estimate of drug-likeness (QED) is 0.736. The molecule has 0 aliphatic carbocycles. The van der Waals surface area contributed by atoms with E-state index in [1.165, 1.54) is 5.56 Å². The van der Waals surface area contributed by atoms with Crippen molar-refractivity contribution < 1.29 is 0 Å². The summed E-state index contributed by atoms with van der Waals surface area (Å²) >= 11 is 1.71. The van der Waals surface area contributed by atoms with Crippen LogP contribution < -0.4 is 5.73 Å². The van der Waals surface area contributed by atoms with E-state index in [9.17, 15) is 0 Å². The summed E-state index contributed by atoms with van der Waals surface area (Å²) in [5, 5.41) is 10.5. The van der Waals surface area contributed by atoms with Gasteiger partial charge in [-0.3, -0.25) is 10.00 Å². The van der Waals surface area contributed by atoms with Crippen molar-refractivity contribution in [2.24, 2.45) is 5.73 Å². The Morgan fingerprint density at radius 3 is 2.92 bits per heavy atom. The maximum absolute atomic E-state index is 5.62. The molecule has 1 aliphatic rings. The molecule has 0 spiro atoms. The van der Waals surface area contributed by atoms with E-state index in [1.807, 2.05) is 6.07 Å². The first kappa shape index (κ1) is 16.4. The number of piperidine rings is 1. The number of likely N-dealkylation sites (tertiary alicyclic amines) is 1. The van der Waals surface area contributed by atoms with Crippen LogP contribution in [0.4, 0.5) is 0 Å². The molecule has 1 unspecified atom stereocenters. The minimum atomic E-state index is 0.373. The van der Waals surface area contributed by atoms with Gasteiger partial charge in [0, 0.05) is 30.0 Å². The van der Waals surface area contributed by atoms with Crippen molar-refractivity contribution in [2.45, 2.75) is 31.8 Å². The van der Waals surface area contributed by atoms with Crippen LogP contribution in [0.1, 0.15) is 36.1 Å². The summed E-state index contributed by atoms with van der Waals surface area (Å²) in [6.07, 6.45) is 2.29. The van der Waals surface area contributed by atoms with Gasteiger partial charge in [0.2, 0.25) is 0 Å². The SMILES string of the molecule is NCc1nc(C2CCCN(Cc3csc(-c4ccccc4)n3)C2)n[nH]1. The first-order valence-electron chi connectivity index (χ1n) is 8.65. The minimum absolute atomic E-state index is 0.373. The van der Waals surface area contributed by atoms with Gasteiger partial charge in [0.05, 0.1) is 12.2 Å². The molecule has 0 radical (unpaired) electrons. The fraction of sp³-hybridized carbons (Fsp3) is 0.389. The standard InChI is InChI=1S/C18H22N6S/c19-9-16-21-17(23-22-16)14-7-4-8-24(10-14)11-15-12-25-18(20-15)13-5-2-1-3-6-13/h1-3,5-6,12,14H,4,7-11,19H2,(H,21,22,23). The van der Waals surface area contributed by atoms with Crippen LogP contribution >= 0.6 is 11.3 Å². The molecule has 1 saturated heterocycles. The van der Waals surface area contributed by atoms with Gasteiger partial charge in [-0.25, -0.2) is 9.97 Å². The van der Waals surface area contributed by atoms with Crippen molar-refractivity contribution in [1.82, 2.24) is 25.1 Å². The molecule has 0 saturated carbocycles. The van der Waals surface area contributed by atoms with Crippen molar-refractivity contribution in [2.75, 3.05) is 13.1 Å². The molecule has 3 heterocycles. The molecule has 6 nitrogen and oxygen atoms in total. The maximum Gasteiger partial charge on any atom is 0.155 e. The average molecular weight is 354 g/mol. The summed E-state index contributed by atoms with van der Waals surface area (Å²) in [5.74, 6) is 2.03. The fourth-order valence-electron chi connectivity index (χ4n) is 3.32. The van der Waals surface area contributed by atoms with E-state index < -0.39 is 0 Å². The highest BCUT2D eigenvalue weighted by atomic mass is 32.1. The van der Waals surface area contributed by atoms with Crippen LogP contribution in [0.2, 0.25) is 0 Å². The van der Waals surface area contributed by atoms with Gasteiger partial charge in [-0.15, -0.1) is 11.3 Å². The molecule has 0 amide bonds. The third kappa shape index (κ3) is 3.78. The lowest BCUT2D eigenvalue weighted by Gasteiger charge is -2.30. The molecule has 130 valence electrons. The molecule has 1 fully saturated rings. The third-order valence-corrected chi connectivity index (χ3v) is 5.51. The van der Waals surface area contributed by atoms with Gasteiger partial charge >= 0.3 is 0 Å². The zero-order valence-corrected chi connectivity index (χ0v) is 14.9. The van der Waals surface area contributed by atoms with E-state index in [0.29, 0.717) is 12.5 Å². The number of nitrogens with two attached hydrogens (primary N) is 1. The normalized spacial score (nSPS) is 18.5. The summed E-state index contributed by atoms with van der Waals surface area (Å²) in [6, 6.07) is 10.4. The number of hydrogen-bond acceptors (Lipinski definition) is 6. The number of rotatable bonds is 5. The van der Waals surface area contributed by atoms with Crippen LogP contribution in [0.3, 0.4) is 0 Å². The second-order valence-electron chi connectivity index (χ2n) is 6.43. The molecule has 1 aromatic carbocycles. The van der Waals surface area contributed by atoms with Gasteiger partial charge < -0.3 is 5.73 Å². The number of hydrogen-bond donors (Lipinski definition) is 2. The topological polar surface area (TPSA) is 83.7 Å². The molecule has 3 aromatic rings. The summed E-state index contributed by atoms with van der Waals surface area (Å²) in [5.41, 5.74) is 7.95. The summed E-state index contributed by atoms with van der Waals surface area (Å²) in [6.45, 7) is 3.36. The first-order valence-corrected chi connectivity index (χ1v) is 9.53. The first-order chi connectivity index (χ1) is 12.3. The molecule has 2 aromatic heterocycles. The maximum atomic E-state index is 5.62. The molecular weight excluding hydrogens is 332 g/mol. The number of nitrogens with zero attached hydrogens (tertiary/aromatic N) is 4. The highest BCUT2D eigenvalue weighted by Gasteiger charge is 2.25. The Bertz CT molecular complexity index is 812. The Hall–Kier alpha value is -2.09. The Morgan fingerprint density at radius 1 is 1.24 bits per heavy atom. The lowest BCUT2D eigenvalue weighted by molar-refractivity contribution is 0.195. The van der Waals surface area contributed by atoms with Crippen LogP contribution in [0.15, 0.2) is 35.7 Å². The predicted molar refractivity (Wildman–Crippen MR) is 99.1 cm³/mol. The van der Waals surface area contributed by atoms with Gasteiger partial charge in [0.15, 0.2) is 5.82 Å². The zero-order chi connectivity index (χ0) is 17.1. The lowest BCUT2D eigenvalue weighted by Crippen LogP contribution is -2.34. The molecule has 1 atom stereocenters. The van der Waals surface area contributed by atoms with Crippen LogP contribution in [-0.4, -0.2) is 38.2 Å². The Balaban J connectivity index is 1.41. The minimum Gasteiger partial charge on any atom is -0.324 e. The second kappa shape index (κ2) is 7.43. The number of thiazole rings is 1. The van der Waals surface area contributed by atoms with Crippen LogP contribution in [0.25, 0.3) is 10.6 Å².